The van der Waals surface area contributed by atoms with Crippen molar-refractivity contribution in [1.82, 2.24) is 24.7 Å². The standard InChI is InChI=1S/C17H20N6O2S2/c18-23-16(14-4-1-9-25-14)19-20-17(23)27-12-15(24)22-7-5-21(6-8-22)11-13-3-2-10-26-13/h1-4,9-10H,5-8,11-12,18H2. The molecule has 1 amide bonds. The van der Waals surface area contributed by atoms with Crippen LogP contribution in [0.5, 0.6) is 0 Å². The van der Waals surface area contributed by atoms with Gasteiger partial charge in [0.2, 0.25) is 16.9 Å². The van der Waals surface area contributed by atoms with Crippen LogP contribution >= 0.6 is 23.1 Å². The molecule has 3 aromatic heterocycles. The van der Waals surface area contributed by atoms with Gasteiger partial charge in [0, 0.05) is 37.6 Å². The van der Waals surface area contributed by atoms with Gasteiger partial charge in [-0.1, -0.05) is 17.8 Å². The molecule has 10 heteroatoms. The van der Waals surface area contributed by atoms with Crippen LogP contribution in [0, 0.1) is 0 Å². The topological polar surface area (TPSA) is 93.4 Å². The van der Waals surface area contributed by atoms with E-state index in [4.69, 9.17) is 10.3 Å². The van der Waals surface area contributed by atoms with E-state index >= 15 is 0 Å². The highest BCUT2D eigenvalue weighted by Crippen LogP contribution is 2.22. The van der Waals surface area contributed by atoms with Crippen molar-refractivity contribution in [1.29, 1.82) is 0 Å². The number of carbonyl (C=O) groups excluding carboxylic acids is 1. The van der Waals surface area contributed by atoms with E-state index in [0.29, 0.717) is 22.5 Å². The Kier molecular flexibility index (Phi) is 5.46. The Morgan fingerprint density at radius 3 is 2.78 bits per heavy atom. The summed E-state index contributed by atoms with van der Waals surface area (Å²) in [6.07, 6.45) is 1.55. The Bertz CT molecular complexity index is 870. The molecule has 3 aromatic rings. The van der Waals surface area contributed by atoms with E-state index < -0.39 is 0 Å². The fourth-order valence-electron chi connectivity index (χ4n) is 2.95. The van der Waals surface area contributed by atoms with Crippen LogP contribution in [0.2, 0.25) is 0 Å². The number of amides is 1. The average molecular weight is 405 g/mol. The van der Waals surface area contributed by atoms with Gasteiger partial charge in [-0.15, -0.1) is 21.5 Å². The first-order valence-electron chi connectivity index (χ1n) is 8.60. The molecular formula is C17H20N6O2S2. The number of carbonyl (C=O) groups is 1. The summed E-state index contributed by atoms with van der Waals surface area (Å²) >= 11 is 3.06. The van der Waals surface area contributed by atoms with Gasteiger partial charge in [0.15, 0.2) is 5.76 Å². The van der Waals surface area contributed by atoms with Crippen LogP contribution < -0.4 is 5.84 Å². The summed E-state index contributed by atoms with van der Waals surface area (Å²) in [5.41, 5.74) is 0. The number of rotatable bonds is 6. The van der Waals surface area contributed by atoms with Crippen LogP contribution in [0.25, 0.3) is 11.6 Å². The van der Waals surface area contributed by atoms with E-state index in [9.17, 15) is 4.79 Å². The SMILES string of the molecule is Nn1c(SCC(=O)N2CCN(Cc3cccs3)CC2)nnc1-c1ccco1. The van der Waals surface area contributed by atoms with Crippen molar-refractivity contribution in [2.24, 2.45) is 0 Å². The Balaban J connectivity index is 1.27. The normalized spacial score (nSPS) is 15.3. The zero-order valence-corrected chi connectivity index (χ0v) is 16.3. The van der Waals surface area contributed by atoms with Crippen LogP contribution in [0.1, 0.15) is 4.88 Å². The minimum Gasteiger partial charge on any atom is -0.461 e. The Hall–Kier alpha value is -2.30. The van der Waals surface area contributed by atoms with E-state index in [1.54, 1.807) is 29.7 Å². The van der Waals surface area contributed by atoms with Gasteiger partial charge in [0.05, 0.1) is 12.0 Å². The number of hydrogen-bond donors (Lipinski definition) is 1. The minimum absolute atomic E-state index is 0.0957. The number of thioether (sulfide) groups is 1. The third-order valence-corrected chi connectivity index (χ3v) is 6.20. The van der Waals surface area contributed by atoms with Gasteiger partial charge in [-0.2, -0.15) is 0 Å². The molecule has 8 nitrogen and oxygen atoms in total. The van der Waals surface area contributed by atoms with E-state index in [2.05, 4.69) is 32.6 Å². The molecule has 0 atom stereocenters. The number of furan rings is 1. The third kappa shape index (κ3) is 4.18. The summed E-state index contributed by atoms with van der Waals surface area (Å²) in [6, 6.07) is 7.75. The first-order chi connectivity index (χ1) is 13.2. The second-order valence-corrected chi connectivity index (χ2v) is 8.15. The van der Waals surface area contributed by atoms with Crippen molar-refractivity contribution in [3.63, 3.8) is 0 Å². The largest absolute Gasteiger partial charge is 0.461 e. The molecule has 4 heterocycles. The summed E-state index contributed by atoms with van der Waals surface area (Å²) in [5, 5.41) is 10.7. The van der Waals surface area contributed by atoms with E-state index in [1.807, 2.05) is 4.90 Å². The highest BCUT2D eigenvalue weighted by molar-refractivity contribution is 7.99. The van der Waals surface area contributed by atoms with Gasteiger partial charge in [-0.3, -0.25) is 9.69 Å². The highest BCUT2D eigenvalue weighted by Gasteiger charge is 2.22. The van der Waals surface area contributed by atoms with Crippen LogP contribution in [0.15, 0.2) is 45.5 Å². The number of nitrogen functional groups attached to an aromatic ring is 1. The zero-order valence-electron chi connectivity index (χ0n) is 14.7. The molecule has 0 radical (unpaired) electrons. The molecule has 4 rings (SSSR count). The molecule has 0 aromatic carbocycles. The van der Waals surface area contributed by atoms with Crippen molar-refractivity contribution in [3.8, 4) is 11.6 Å². The summed E-state index contributed by atoms with van der Waals surface area (Å²) in [5.74, 6) is 7.40. The molecule has 0 unspecified atom stereocenters. The minimum atomic E-state index is 0.0957. The first-order valence-corrected chi connectivity index (χ1v) is 10.5. The summed E-state index contributed by atoms with van der Waals surface area (Å²) in [6.45, 7) is 4.24. The maximum absolute atomic E-state index is 12.5. The van der Waals surface area contributed by atoms with Gasteiger partial charge < -0.3 is 15.2 Å². The lowest BCUT2D eigenvalue weighted by molar-refractivity contribution is -0.130. The molecule has 1 fully saturated rings. The molecule has 0 bridgehead atoms. The average Bonchev–Trinajstić information content (AvgIpc) is 3.43. The monoisotopic (exact) mass is 404 g/mol. The van der Waals surface area contributed by atoms with Crippen molar-refractivity contribution < 1.29 is 9.21 Å². The molecule has 2 N–H and O–H groups in total. The van der Waals surface area contributed by atoms with Gasteiger partial charge in [-0.25, -0.2) is 4.68 Å². The van der Waals surface area contributed by atoms with Crippen molar-refractivity contribution in [3.05, 3.63) is 40.8 Å². The van der Waals surface area contributed by atoms with Crippen LogP contribution in [0.3, 0.4) is 0 Å². The molecule has 1 aliphatic heterocycles. The molecule has 1 aliphatic rings. The molecule has 27 heavy (non-hydrogen) atoms. The number of nitrogens with two attached hydrogens (primary N) is 1. The third-order valence-electron chi connectivity index (χ3n) is 4.42. The highest BCUT2D eigenvalue weighted by atomic mass is 32.2. The van der Waals surface area contributed by atoms with Gasteiger partial charge in [0.25, 0.3) is 0 Å². The van der Waals surface area contributed by atoms with Crippen LogP contribution in [-0.2, 0) is 11.3 Å². The molecular weight excluding hydrogens is 384 g/mol. The summed E-state index contributed by atoms with van der Waals surface area (Å²) in [4.78, 5) is 18.2. The molecule has 1 saturated heterocycles. The second-order valence-electron chi connectivity index (χ2n) is 6.18. The number of aromatic nitrogens is 3. The van der Waals surface area contributed by atoms with Crippen molar-refractivity contribution in [2.75, 3.05) is 37.8 Å². The smallest absolute Gasteiger partial charge is 0.233 e. The Morgan fingerprint density at radius 1 is 1.22 bits per heavy atom. The lowest BCUT2D eigenvalue weighted by atomic mass is 10.3. The molecule has 0 aliphatic carbocycles. The summed E-state index contributed by atoms with van der Waals surface area (Å²) < 4.78 is 6.65. The number of nitrogens with zero attached hydrogens (tertiary/aromatic N) is 5. The first kappa shape index (κ1) is 18.1. The number of thiophene rings is 1. The summed E-state index contributed by atoms with van der Waals surface area (Å²) in [7, 11) is 0. The maximum Gasteiger partial charge on any atom is 0.233 e. The molecule has 0 spiro atoms. The predicted octanol–water partition coefficient (Wildman–Crippen LogP) is 1.75. The number of piperazine rings is 1. The lowest BCUT2D eigenvalue weighted by Gasteiger charge is -2.34. The van der Waals surface area contributed by atoms with Gasteiger partial charge >= 0.3 is 0 Å². The fourth-order valence-corrected chi connectivity index (χ4v) is 4.45. The zero-order chi connectivity index (χ0) is 18.6. The second kappa shape index (κ2) is 8.15. The molecule has 0 saturated carbocycles. The number of hydrogen-bond acceptors (Lipinski definition) is 8. The predicted molar refractivity (Wildman–Crippen MR) is 105 cm³/mol. The van der Waals surface area contributed by atoms with Crippen molar-refractivity contribution >= 4 is 29.0 Å². The Labute approximate surface area is 164 Å². The Morgan fingerprint density at radius 2 is 2.07 bits per heavy atom. The van der Waals surface area contributed by atoms with Crippen LogP contribution in [0.4, 0.5) is 0 Å². The van der Waals surface area contributed by atoms with E-state index in [1.165, 1.54) is 21.3 Å². The quantitative estimate of drug-likeness (QED) is 0.494. The van der Waals surface area contributed by atoms with E-state index in [-0.39, 0.29) is 5.91 Å². The van der Waals surface area contributed by atoms with Crippen LogP contribution in [-0.4, -0.2) is 62.5 Å². The van der Waals surface area contributed by atoms with Gasteiger partial charge in [0.1, 0.15) is 0 Å². The molecule has 142 valence electrons. The van der Waals surface area contributed by atoms with E-state index in [0.717, 1.165) is 32.7 Å². The van der Waals surface area contributed by atoms with Gasteiger partial charge in [-0.05, 0) is 23.6 Å². The maximum atomic E-state index is 12.5. The lowest BCUT2D eigenvalue weighted by Crippen LogP contribution is -2.48. The van der Waals surface area contributed by atoms with Crippen molar-refractivity contribution in [2.45, 2.75) is 11.7 Å². The fraction of sp³-hybridized carbons (Fsp3) is 0.353.